The van der Waals surface area contributed by atoms with Crippen LogP contribution in [-0.4, -0.2) is 21.8 Å². The molecule has 0 aliphatic heterocycles. The summed E-state index contributed by atoms with van der Waals surface area (Å²) in [5.41, 5.74) is 0. The lowest BCUT2D eigenvalue weighted by Crippen LogP contribution is -1.98. The van der Waals surface area contributed by atoms with Crippen LogP contribution in [0.5, 0.6) is 0 Å². The Hall–Kier alpha value is -1.14. The van der Waals surface area contributed by atoms with Crippen LogP contribution in [0.1, 0.15) is 16.3 Å². The molecule has 0 bridgehead atoms. The molecular weight excluding hydrogens is 196 g/mol. The maximum Gasteiger partial charge on any atom is 0.373 e. The van der Waals surface area contributed by atoms with Crippen LogP contribution in [0.3, 0.4) is 0 Å². The molecule has 0 radical (unpaired) electrons. The van der Waals surface area contributed by atoms with Gasteiger partial charge in [0.1, 0.15) is 10.7 Å². The number of furan rings is 1. The summed E-state index contributed by atoms with van der Waals surface area (Å²) in [6, 6.07) is 1.19. The van der Waals surface area contributed by atoms with Gasteiger partial charge in [0.25, 0.3) is 0 Å². The third-order valence-electron chi connectivity index (χ3n) is 1.45. The van der Waals surface area contributed by atoms with Crippen molar-refractivity contribution in [2.45, 2.75) is 11.8 Å². The first kappa shape index (κ1) is 9.94. The first-order chi connectivity index (χ1) is 6.06. The minimum atomic E-state index is -2.14. The molecule has 0 aliphatic carbocycles. The maximum absolute atomic E-state index is 10.9. The predicted molar refractivity (Wildman–Crippen MR) is 43.8 cm³/mol. The van der Waals surface area contributed by atoms with Gasteiger partial charge in [-0.3, -0.25) is 0 Å². The molecule has 0 aliphatic rings. The topological polar surface area (TPSA) is 76.7 Å². The van der Waals surface area contributed by atoms with E-state index in [0.29, 0.717) is 0 Å². The highest BCUT2D eigenvalue weighted by Gasteiger charge is 2.17. The Morgan fingerprint density at radius 3 is 2.69 bits per heavy atom. The number of carbonyl (C=O) groups is 1. The van der Waals surface area contributed by atoms with Gasteiger partial charge in [-0.1, -0.05) is 0 Å². The number of ether oxygens (including phenoxy) is 1. The second kappa shape index (κ2) is 3.71. The largest absolute Gasteiger partial charge is 0.463 e. The normalized spacial score (nSPS) is 12.5. The summed E-state index contributed by atoms with van der Waals surface area (Å²) in [5.74, 6) is -0.501. The van der Waals surface area contributed by atoms with Crippen molar-refractivity contribution in [1.82, 2.24) is 0 Å². The van der Waals surface area contributed by atoms with Gasteiger partial charge >= 0.3 is 5.97 Å². The molecule has 0 fully saturated rings. The monoisotopic (exact) mass is 204 g/mol. The van der Waals surface area contributed by atoms with Crippen LogP contribution in [0, 0.1) is 6.92 Å². The van der Waals surface area contributed by atoms with E-state index in [1.807, 2.05) is 0 Å². The molecule has 0 spiro atoms. The van der Waals surface area contributed by atoms with E-state index >= 15 is 0 Å². The van der Waals surface area contributed by atoms with E-state index in [0.717, 1.165) is 0 Å². The Bertz CT molecular complexity index is 354. The highest BCUT2D eigenvalue weighted by atomic mass is 32.2. The summed E-state index contributed by atoms with van der Waals surface area (Å²) in [6.45, 7) is 1.50. The molecule has 6 heteroatoms. The van der Waals surface area contributed by atoms with Gasteiger partial charge in [-0.15, -0.1) is 0 Å². The molecule has 1 aromatic rings. The van der Waals surface area contributed by atoms with E-state index in [4.69, 9.17) is 8.97 Å². The molecule has 1 heterocycles. The Kier molecular flexibility index (Phi) is 2.84. The van der Waals surface area contributed by atoms with Crippen LogP contribution in [0.25, 0.3) is 0 Å². The molecule has 1 unspecified atom stereocenters. The van der Waals surface area contributed by atoms with Crippen molar-refractivity contribution >= 4 is 17.0 Å². The molecule has 72 valence electrons. The lowest BCUT2D eigenvalue weighted by molar-refractivity contribution is 0.0563. The highest BCUT2D eigenvalue weighted by Crippen LogP contribution is 2.17. The first-order valence-corrected chi connectivity index (χ1v) is 4.46. The standard InChI is InChI=1S/C7H8O5S/c1-4-6(13(9)10)3-5(12-4)7(8)11-2/h3H,1-2H3,(H,9,10). The van der Waals surface area contributed by atoms with Crippen molar-refractivity contribution in [2.75, 3.05) is 7.11 Å². The third-order valence-corrected chi connectivity index (χ3v) is 2.23. The minimum Gasteiger partial charge on any atom is -0.463 e. The number of hydrogen-bond donors (Lipinski definition) is 1. The molecule has 1 rings (SSSR count). The fourth-order valence-electron chi connectivity index (χ4n) is 0.840. The van der Waals surface area contributed by atoms with E-state index in [9.17, 15) is 9.00 Å². The van der Waals surface area contributed by atoms with Crippen molar-refractivity contribution < 1.29 is 22.7 Å². The van der Waals surface area contributed by atoms with Gasteiger partial charge in [0.15, 0.2) is 11.1 Å². The second-order valence-electron chi connectivity index (χ2n) is 2.27. The van der Waals surface area contributed by atoms with E-state index in [1.165, 1.54) is 20.1 Å². The molecular formula is C7H8O5S. The number of rotatable bonds is 2. The zero-order chi connectivity index (χ0) is 10.0. The predicted octanol–water partition coefficient (Wildman–Crippen LogP) is 0.955. The Balaban J connectivity index is 3.09. The molecule has 1 aromatic heterocycles. The molecule has 1 N–H and O–H groups in total. The third kappa shape index (κ3) is 1.96. The summed E-state index contributed by atoms with van der Waals surface area (Å²) in [5, 5.41) is 0. The van der Waals surface area contributed by atoms with Crippen molar-refractivity contribution in [3.05, 3.63) is 17.6 Å². The lowest BCUT2D eigenvalue weighted by Gasteiger charge is -1.90. The van der Waals surface area contributed by atoms with Crippen LogP contribution in [0.4, 0.5) is 0 Å². The fourth-order valence-corrected chi connectivity index (χ4v) is 1.34. The molecule has 0 saturated carbocycles. The maximum atomic E-state index is 10.9. The molecule has 0 saturated heterocycles. The highest BCUT2D eigenvalue weighted by molar-refractivity contribution is 7.79. The number of esters is 1. The van der Waals surface area contributed by atoms with Gasteiger partial charge in [-0.2, -0.15) is 0 Å². The van der Waals surface area contributed by atoms with E-state index in [1.54, 1.807) is 0 Å². The van der Waals surface area contributed by atoms with Gasteiger partial charge < -0.3 is 13.7 Å². The first-order valence-electron chi connectivity index (χ1n) is 3.36. The molecule has 0 amide bonds. The fraction of sp³-hybridized carbons (Fsp3) is 0.286. The average molecular weight is 204 g/mol. The smallest absolute Gasteiger partial charge is 0.373 e. The van der Waals surface area contributed by atoms with E-state index < -0.39 is 17.0 Å². The SMILES string of the molecule is COC(=O)c1cc(S(=O)O)c(C)o1. The van der Waals surface area contributed by atoms with Crippen LogP contribution in [0.15, 0.2) is 15.4 Å². The lowest BCUT2D eigenvalue weighted by atomic mass is 10.4. The minimum absolute atomic E-state index is 0.0719. The Morgan fingerprint density at radius 2 is 2.31 bits per heavy atom. The van der Waals surface area contributed by atoms with Crippen molar-refractivity contribution in [3.8, 4) is 0 Å². The van der Waals surface area contributed by atoms with Crippen molar-refractivity contribution in [3.63, 3.8) is 0 Å². The number of carbonyl (C=O) groups excluding carboxylic acids is 1. The van der Waals surface area contributed by atoms with Gasteiger partial charge in [0.2, 0.25) is 5.76 Å². The molecule has 5 nitrogen and oxygen atoms in total. The average Bonchev–Trinajstić information content (AvgIpc) is 2.46. The van der Waals surface area contributed by atoms with Gasteiger partial charge in [0.05, 0.1) is 7.11 Å². The number of hydrogen-bond acceptors (Lipinski definition) is 4. The molecule has 1 atom stereocenters. The van der Waals surface area contributed by atoms with Crippen LogP contribution in [0.2, 0.25) is 0 Å². The molecule has 0 aromatic carbocycles. The quantitative estimate of drug-likeness (QED) is 0.573. The van der Waals surface area contributed by atoms with Crippen molar-refractivity contribution in [2.24, 2.45) is 0 Å². The Morgan fingerprint density at radius 1 is 1.69 bits per heavy atom. The summed E-state index contributed by atoms with van der Waals surface area (Å²) in [4.78, 5) is 11.0. The van der Waals surface area contributed by atoms with E-state index in [-0.39, 0.29) is 16.4 Å². The Labute approximate surface area is 77.0 Å². The van der Waals surface area contributed by atoms with Crippen molar-refractivity contribution in [1.29, 1.82) is 0 Å². The van der Waals surface area contributed by atoms with Crippen LogP contribution >= 0.6 is 0 Å². The summed E-state index contributed by atoms with van der Waals surface area (Å²) >= 11 is -2.14. The zero-order valence-electron chi connectivity index (χ0n) is 7.07. The molecule has 13 heavy (non-hydrogen) atoms. The van der Waals surface area contributed by atoms with E-state index in [2.05, 4.69) is 4.74 Å². The summed E-state index contributed by atoms with van der Waals surface area (Å²) < 4.78 is 28.6. The number of aryl methyl sites for hydroxylation is 1. The van der Waals surface area contributed by atoms with Gasteiger partial charge in [-0.05, 0) is 6.92 Å². The second-order valence-corrected chi connectivity index (χ2v) is 3.21. The van der Waals surface area contributed by atoms with Crippen LogP contribution in [-0.2, 0) is 15.8 Å². The summed E-state index contributed by atoms with van der Waals surface area (Å²) in [6.07, 6.45) is 0. The zero-order valence-corrected chi connectivity index (χ0v) is 7.88. The van der Waals surface area contributed by atoms with Crippen LogP contribution < -0.4 is 0 Å². The summed E-state index contributed by atoms with van der Waals surface area (Å²) in [7, 11) is 1.20. The van der Waals surface area contributed by atoms with Gasteiger partial charge in [-0.25, -0.2) is 9.00 Å². The number of methoxy groups -OCH3 is 1. The van der Waals surface area contributed by atoms with Gasteiger partial charge in [0, 0.05) is 6.07 Å².